The van der Waals surface area contributed by atoms with Crippen molar-refractivity contribution >= 4 is 11.1 Å². The normalized spacial score (nSPS) is 17.1. The Morgan fingerprint density at radius 2 is 2.21 bits per heavy atom. The average molecular weight is 189 g/mol. The molecule has 1 saturated carbocycles. The number of aromatic nitrogens is 1. The molecule has 1 aliphatic rings. The molecule has 1 heterocycles. The molecule has 14 heavy (non-hydrogen) atoms. The van der Waals surface area contributed by atoms with Crippen molar-refractivity contribution in [2.45, 2.75) is 25.2 Å². The Morgan fingerprint density at radius 3 is 2.93 bits per heavy atom. The summed E-state index contributed by atoms with van der Waals surface area (Å²) >= 11 is 0. The quantitative estimate of drug-likeness (QED) is 0.750. The summed E-state index contributed by atoms with van der Waals surface area (Å²) in [6.45, 7) is 0. The molecule has 0 aliphatic heterocycles. The van der Waals surface area contributed by atoms with Gasteiger partial charge in [0.1, 0.15) is 11.3 Å². The fraction of sp³-hybridized carbons (Fsp3) is 0.364. The summed E-state index contributed by atoms with van der Waals surface area (Å²) < 4.78 is 5.58. The van der Waals surface area contributed by atoms with Crippen molar-refractivity contribution in [2.24, 2.45) is 0 Å². The second-order valence-corrected chi connectivity index (χ2v) is 3.83. The third-order valence-corrected chi connectivity index (χ3v) is 2.84. The maximum atomic E-state index is 9.26. The number of rotatable bonds is 1. The Kier molecular flexibility index (Phi) is 1.54. The first-order chi connectivity index (χ1) is 6.83. The van der Waals surface area contributed by atoms with Crippen LogP contribution in [0.3, 0.4) is 0 Å². The predicted octanol–water partition coefficient (Wildman–Crippen LogP) is 2.80. The summed E-state index contributed by atoms with van der Waals surface area (Å²) in [5.74, 6) is 1.57. The molecule has 3 heteroatoms. The van der Waals surface area contributed by atoms with Crippen LogP contribution in [0.4, 0.5) is 0 Å². The van der Waals surface area contributed by atoms with E-state index in [2.05, 4.69) is 4.98 Å². The van der Waals surface area contributed by atoms with Gasteiger partial charge in [-0.3, -0.25) is 0 Å². The Bertz CT molecular complexity index is 471. The summed E-state index contributed by atoms with van der Waals surface area (Å²) in [4.78, 5) is 4.40. The van der Waals surface area contributed by atoms with Crippen molar-refractivity contribution in [3.8, 4) is 5.75 Å². The van der Waals surface area contributed by atoms with Crippen molar-refractivity contribution in [1.82, 2.24) is 4.98 Å². The average Bonchev–Trinajstić information content (AvgIpc) is 2.43. The van der Waals surface area contributed by atoms with E-state index in [0.717, 1.165) is 11.4 Å². The van der Waals surface area contributed by atoms with Crippen LogP contribution >= 0.6 is 0 Å². The molecule has 0 unspecified atom stereocenters. The second kappa shape index (κ2) is 2.74. The summed E-state index contributed by atoms with van der Waals surface area (Å²) in [5.41, 5.74) is 1.52. The monoisotopic (exact) mass is 189 g/mol. The standard InChI is InChI=1S/C11H11NO2/c13-8-4-5-9-10(6-8)14-11(12-9)7-2-1-3-7/h4-7,13H,1-3H2. The van der Waals surface area contributed by atoms with E-state index in [0.29, 0.717) is 11.5 Å². The number of fused-ring (bicyclic) bond motifs is 1. The summed E-state index contributed by atoms with van der Waals surface area (Å²) in [5, 5.41) is 9.26. The van der Waals surface area contributed by atoms with Gasteiger partial charge in [-0.2, -0.15) is 0 Å². The fourth-order valence-corrected chi connectivity index (χ4v) is 1.76. The topological polar surface area (TPSA) is 46.3 Å². The molecule has 1 aromatic carbocycles. The number of phenols is 1. The summed E-state index contributed by atoms with van der Waals surface area (Å²) in [6, 6.07) is 5.04. The van der Waals surface area contributed by atoms with Crippen molar-refractivity contribution in [3.05, 3.63) is 24.1 Å². The fourth-order valence-electron chi connectivity index (χ4n) is 1.76. The highest BCUT2D eigenvalue weighted by molar-refractivity contribution is 5.74. The number of nitrogens with zero attached hydrogens (tertiary/aromatic N) is 1. The van der Waals surface area contributed by atoms with E-state index >= 15 is 0 Å². The summed E-state index contributed by atoms with van der Waals surface area (Å²) in [6.07, 6.45) is 3.63. The molecule has 1 fully saturated rings. The van der Waals surface area contributed by atoms with Crippen LogP contribution in [0.25, 0.3) is 11.1 Å². The number of phenolic OH excluding ortho intramolecular Hbond substituents is 1. The van der Waals surface area contributed by atoms with E-state index in [1.165, 1.54) is 19.3 Å². The molecule has 0 saturated heterocycles. The van der Waals surface area contributed by atoms with Crippen molar-refractivity contribution in [3.63, 3.8) is 0 Å². The van der Waals surface area contributed by atoms with Crippen molar-refractivity contribution in [2.75, 3.05) is 0 Å². The molecule has 3 nitrogen and oxygen atoms in total. The lowest BCUT2D eigenvalue weighted by Gasteiger charge is -2.21. The minimum absolute atomic E-state index is 0.230. The highest BCUT2D eigenvalue weighted by Crippen LogP contribution is 2.37. The van der Waals surface area contributed by atoms with Crippen molar-refractivity contribution in [1.29, 1.82) is 0 Å². The van der Waals surface area contributed by atoms with E-state index in [4.69, 9.17) is 4.42 Å². The third kappa shape index (κ3) is 1.09. The van der Waals surface area contributed by atoms with Gasteiger partial charge in [0.25, 0.3) is 0 Å². The Morgan fingerprint density at radius 1 is 1.36 bits per heavy atom. The van der Waals surface area contributed by atoms with Gasteiger partial charge in [0.2, 0.25) is 0 Å². The molecule has 0 amide bonds. The lowest BCUT2D eigenvalue weighted by molar-refractivity contribution is 0.344. The van der Waals surface area contributed by atoms with Crippen LogP contribution in [-0.4, -0.2) is 10.1 Å². The van der Waals surface area contributed by atoms with Gasteiger partial charge in [-0.15, -0.1) is 0 Å². The Labute approximate surface area is 81.4 Å². The first-order valence-corrected chi connectivity index (χ1v) is 4.92. The van der Waals surface area contributed by atoms with E-state index < -0.39 is 0 Å². The zero-order valence-electron chi connectivity index (χ0n) is 7.73. The minimum atomic E-state index is 0.230. The maximum absolute atomic E-state index is 9.26. The van der Waals surface area contributed by atoms with Gasteiger partial charge < -0.3 is 9.52 Å². The third-order valence-electron chi connectivity index (χ3n) is 2.84. The molecule has 0 radical (unpaired) electrons. The minimum Gasteiger partial charge on any atom is -0.508 e. The van der Waals surface area contributed by atoms with Gasteiger partial charge >= 0.3 is 0 Å². The number of aromatic hydroxyl groups is 1. The molecule has 72 valence electrons. The first-order valence-electron chi connectivity index (χ1n) is 4.92. The van der Waals surface area contributed by atoms with Crippen LogP contribution in [0.5, 0.6) is 5.75 Å². The van der Waals surface area contributed by atoms with Crippen LogP contribution < -0.4 is 0 Å². The Balaban J connectivity index is 2.10. The van der Waals surface area contributed by atoms with E-state index in [-0.39, 0.29) is 5.75 Å². The number of hydrogen-bond acceptors (Lipinski definition) is 3. The smallest absolute Gasteiger partial charge is 0.198 e. The van der Waals surface area contributed by atoms with Crippen LogP contribution in [0, 0.1) is 0 Å². The maximum Gasteiger partial charge on any atom is 0.198 e. The number of oxazole rings is 1. The van der Waals surface area contributed by atoms with Gasteiger partial charge in [0.05, 0.1) is 0 Å². The van der Waals surface area contributed by atoms with E-state index in [9.17, 15) is 5.11 Å². The molecule has 1 aliphatic carbocycles. The van der Waals surface area contributed by atoms with Crippen LogP contribution in [0.2, 0.25) is 0 Å². The molecule has 0 bridgehead atoms. The second-order valence-electron chi connectivity index (χ2n) is 3.83. The van der Waals surface area contributed by atoms with E-state index in [1.54, 1.807) is 18.2 Å². The highest BCUT2D eigenvalue weighted by atomic mass is 16.3. The molecule has 1 aromatic heterocycles. The molecular formula is C11H11NO2. The van der Waals surface area contributed by atoms with Gasteiger partial charge in [-0.05, 0) is 25.0 Å². The zero-order valence-corrected chi connectivity index (χ0v) is 7.73. The predicted molar refractivity (Wildman–Crippen MR) is 52.3 cm³/mol. The SMILES string of the molecule is Oc1ccc2nc(C3CCC3)oc2c1. The Hall–Kier alpha value is -1.51. The number of hydrogen-bond donors (Lipinski definition) is 1. The molecule has 3 rings (SSSR count). The first kappa shape index (κ1) is 7.85. The van der Waals surface area contributed by atoms with Crippen LogP contribution in [0.1, 0.15) is 31.1 Å². The van der Waals surface area contributed by atoms with Gasteiger partial charge in [0.15, 0.2) is 11.5 Å². The van der Waals surface area contributed by atoms with E-state index in [1.807, 2.05) is 0 Å². The molecule has 1 N–H and O–H groups in total. The van der Waals surface area contributed by atoms with Crippen LogP contribution in [0.15, 0.2) is 22.6 Å². The zero-order chi connectivity index (χ0) is 9.54. The lowest BCUT2D eigenvalue weighted by atomic mass is 9.85. The number of benzene rings is 1. The molecule has 0 atom stereocenters. The van der Waals surface area contributed by atoms with Gasteiger partial charge in [0, 0.05) is 12.0 Å². The molecule has 0 spiro atoms. The van der Waals surface area contributed by atoms with Gasteiger partial charge in [-0.25, -0.2) is 4.98 Å². The largest absolute Gasteiger partial charge is 0.508 e. The highest BCUT2D eigenvalue weighted by Gasteiger charge is 2.24. The lowest BCUT2D eigenvalue weighted by Crippen LogP contribution is -2.08. The van der Waals surface area contributed by atoms with Crippen LogP contribution in [-0.2, 0) is 0 Å². The molecule has 2 aromatic rings. The molecular weight excluding hydrogens is 178 g/mol. The summed E-state index contributed by atoms with van der Waals surface area (Å²) in [7, 11) is 0. The van der Waals surface area contributed by atoms with Crippen molar-refractivity contribution < 1.29 is 9.52 Å². The van der Waals surface area contributed by atoms with Gasteiger partial charge in [-0.1, -0.05) is 6.42 Å².